The Labute approximate surface area is 194 Å². The van der Waals surface area contributed by atoms with Crippen molar-refractivity contribution in [3.8, 4) is 0 Å². The molecule has 2 heteroatoms. The molecule has 0 nitrogen and oxygen atoms in total. The standard InChI is InChI=1S/C16H14P.C11H11.Hf/c1-12-11-13-7-5-6-10-15(13)16(12)17-14-8-3-2-4-9-14;1-8-6-7-9(2)11-5-3-4-10(8)11;/h2-11,17H,1H3;3-7H,1-2H3;/q2*-1;. The van der Waals surface area contributed by atoms with Gasteiger partial charge in [-0.25, -0.2) is 0 Å². The van der Waals surface area contributed by atoms with Crippen LogP contribution in [-0.2, 0) is 25.8 Å². The smallest absolute Gasteiger partial charge is 0 e. The summed E-state index contributed by atoms with van der Waals surface area (Å²) in [6.07, 6.45) is 0. The zero-order valence-electron chi connectivity index (χ0n) is 17.2. The summed E-state index contributed by atoms with van der Waals surface area (Å²) in [6, 6.07) is 32.5. The minimum Gasteiger partial charge on any atom is -0.168 e. The molecule has 0 fully saturated rings. The maximum absolute atomic E-state index is 2.29. The van der Waals surface area contributed by atoms with Gasteiger partial charge in [-0.3, -0.25) is 0 Å². The molecule has 5 rings (SSSR count). The van der Waals surface area contributed by atoms with Crippen LogP contribution >= 0.6 is 8.58 Å². The molecule has 144 valence electrons. The molecule has 0 spiro atoms. The van der Waals surface area contributed by atoms with Crippen LogP contribution in [0.2, 0.25) is 0 Å². The van der Waals surface area contributed by atoms with Gasteiger partial charge >= 0.3 is 0 Å². The van der Waals surface area contributed by atoms with Gasteiger partial charge in [-0.1, -0.05) is 61.9 Å². The summed E-state index contributed by atoms with van der Waals surface area (Å²) in [4.78, 5) is 0. The van der Waals surface area contributed by atoms with E-state index in [9.17, 15) is 0 Å². The Balaban J connectivity index is 0.000000174. The molecule has 29 heavy (non-hydrogen) atoms. The fourth-order valence-corrected chi connectivity index (χ4v) is 5.02. The minimum absolute atomic E-state index is 0. The van der Waals surface area contributed by atoms with Gasteiger partial charge in [0.15, 0.2) is 0 Å². The number of rotatable bonds is 2. The van der Waals surface area contributed by atoms with Crippen LogP contribution in [0.1, 0.15) is 16.7 Å². The van der Waals surface area contributed by atoms with Crippen LogP contribution in [0, 0.1) is 20.8 Å². The third kappa shape index (κ3) is 4.85. The molecule has 1 unspecified atom stereocenters. The molecule has 0 heterocycles. The maximum Gasteiger partial charge on any atom is 0 e. The molecule has 5 aromatic rings. The number of aryl methyl sites for hydroxylation is 3. The number of fused-ring (bicyclic) bond motifs is 2. The van der Waals surface area contributed by atoms with Crippen LogP contribution < -0.4 is 10.6 Å². The van der Waals surface area contributed by atoms with Gasteiger partial charge in [-0.15, -0.1) is 83.0 Å². The van der Waals surface area contributed by atoms with Gasteiger partial charge < -0.3 is 0 Å². The molecule has 0 aliphatic heterocycles. The number of hydrogen-bond donors (Lipinski definition) is 0. The monoisotopic (exact) mass is 560 g/mol. The Bertz CT molecular complexity index is 1180. The van der Waals surface area contributed by atoms with Crippen molar-refractivity contribution < 1.29 is 25.8 Å². The quantitative estimate of drug-likeness (QED) is 0.129. The summed E-state index contributed by atoms with van der Waals surface area (Å²) in [5, 5.41) is 8.46. The van der Waals surface area contributed by atoms with Gasteiger partial charge in [0.05, 0.1) is 0 Å². The Morgan fingerprint density at radius 3 is 2.14 bits per heavy atom. The van der Waals surface area contributed by atoms with Gasteiger partial charge in [-0.2, -0.15) is 12.1 Å². The Kier molecular flexibility index (Phi) is 7.38. The summed E-state index contributed by atoms with van der Waals surface area (Å²) in [7, 11) is 0.754. The third-order valence-corrected chi connectivity index (χ3v) is 6.82. The first kappa shape index (κ1) is 21.9. The van der Waals surface area contributed by atoms with E-state index in [0.29, 0.717) is 0 Å². The van der Waals surface area contributed by atoms with Crippen LogP contribution in [0.3, 0.4) is 0 Å². The Morgan fingerprint density at radius 1 is 0.690 bits per heavy atom. The van der Waals surface area contributed by atoms with Gasteiger partial charge in [0.1, 0.15) is 0 Å². The first-order valence-corrected chi connectivity index (χ1v) is 10.7. The van der Waals surface area contributed by atoms with E-state index in [1.807, 2.05) is 0 Å². The van der Waals surface area contributed by atoms with Crippen molar-refractivity contribution in [3.05, 3.63) is 108 Å². The largest absolute Gasteiger partial charge is 0.168 e. The summed E-state index contributed by atoms with van der Waals surface area (Å²) < 4.78 is 0. The zero-order chi connectivity index (χ0) is 19.5. The molecular weight excluding hydrogens is 534 g/mol. The maximum atomic E-state index is 2.29. The van der Waals surface area contributed by atoms with Crippen molar-refractivity contribution in [1.82, 2.24) is 0 Å². The molecule has 0 saturated carbocycles. The fraction of sp³-hybridized carbons (Fsp3) is 0.111. The topological polar surface area (TPSA) is 0 Å². The van der Waals surface area contributed by atoms with Crippen LogP contribution in [-0.4, -0.2) is 0 Å². The molecule has 0 N–H and O–H groups in total. The molecule has 1 atom stereocenters. The average molecular weight is 559 g/mol. The fourth-order valence-electron chi connectivity index (χ4n) is 3.74. The molecule has 0 aliphatic carbocycles. The molecular formula is C27H25HfP-2. The van der Waals surface area contributed by atoms with E-state index in [1.165, 1.54) is 48.8 Å². The summed E-state index contributed by atoms with van der Waals surface area (Å²) in [6.45, 7) is 6.52. The molecule has 0 radical (unpaired) electrons. The number of hydrogen-bond acceptors (Lipinski definition) is 0. The summed E-state index contributed by atoms with van der Waals surface area (Å²) >= 11 is 0. The van der Waals surface area contributed by atoms with Crippen molar-refractivity contribution >= 4 is 40.7 Å². The number of benzene rings is 3. The predicted octanol–water partition coefficient (Wildman–Crippen LogP) is 6.67. The van der Waals surface area contributed by atoms with Crippen LogP contribution in [0.25, 0.3) is 21.5 Å². The van der Waals surface area contributed by atoms with Crippen molar-refractivity contribution in [2.24, 2.45) is 0 Å². The van der Waals surface area contributed by atoms with Gasteiger partial charge in [0.25, 0.3) is 0 Å². The second-order valence-corrected chi connectivity index (χ2v) is 8.66. The molecule has 0 bridgehead atoms. The van der Waals surface area contributed by atoms with Crippen molar-refractivity contribution in [2.75, 3.05) is 0 Å². The molecule has 0 amide bonds. The van der Waals surface area contributed by atoms with E-state index in [2.05, 4.69) is 112 Å². The van der Waals surface area contributed by atoms with Gasteiger partial charge in [0, 0.05) is 25.8 Å². The molecule has 0 aromatic heterocycles. The van der Waals surface area contributed by atoms with E-state index in [4.69, 9.17) is 0 Å². The van der Waals surface area contributed by atoms with Crippen LogP contribution in [0.5, 0.6) is 0 Å². The predicted molar refractivity (Wildman–Crippen MR) is 127 cm³/mol. The van der Waals surface area contributed by atoms with Crippen molar-refractivity contribution in [3.63, 3.8) is 0 Å². The van der Waals surface area contributed by atoms with Gasteiger partial charge in [0.2, 0.25) is 0 Å². The van der Waals surface area contributed by atoms with Crippen LogP contribution in [0.15, 0.2) is 91.0 Å². The second kappa shape index (κ2) is 9.79. The SMILES string of the molecule is Cc1[cH-]c2ccccc2c1Pc1ccccc1.Cc1ccc(C)c2[cH-]ccc12.[Hf]. The Morgan fingerprint density at radius 2 is 1.38 bits per heavy atom. The Hall–Kier alpha value is -1.82. The minimum atomic E-state index is 0. The normalized spacial score (nSPS) is 10.9. The van der Waals surface area contributed by atoms with E-state index >= 15 is 0 Å². The van der Waals surface area contributed by atoms with Crippen molar-refractivity contribution in [1.29, 1.82) is 0 Å². The first-order valence-electron chi connectivity index (χ1n) is 9.72. The van der Waals surface area contributed by atoms with E-state index in [-0.39, 0.29) is 25.8 Å². The summed E-state index contributed by atoms with van der Waals surface area (Å²) in [5.41, 5.74) is 4.15. The van der Waals surface area contributed by atoms with E-state index in [1.54, 1.807) is 0 Å². The summed E-state index contributed by atoms with van der Waals surface area (Å²) in [5.74, 6) is 0. The molecule has 5 aromatic carbocycles. The molecule has 0 aliphatic rings. The third-order valence-electron chi connectivity index (χ3n) is 5.29. The average Bonchev–Trinajstić information content (AvgIpc) is 3.33. The first-order chi connectivity index (χ1) is 13.6. The van der Waals surface area contributed by atoms with E-state index < -0.39 is 0 Å². The second-order valence-electron chi connectivity index (χ2n) is 7.33. The van der Waals surface area contributed by atoms with Crippen molar-refractivity contribution in [2.45, 2.75) is 20.8 Å². The van der Waals surface area contributed by atoms with E-state index in [0.717, 1.165) is 8.58 Å². The molecule has 0 saturated heterocycles. The zero-order valence-corrected chi connectivity index (χ0v) is 21.8. The van der Waals surface area contributed by atoms with Crippen LogP contribution in [0.4, 0.5) is 0 Å². The van der Waals surface area contributed by atoms with Gasteiger partial charge in [-0.05, 0) is 12.2 Å².